The third-order valence-electron chi connectivity index (χ3n) is 4.64. The molecule has 24 heavy (non-hydrogen) atoms. The third-order valence-corrected chi connectivity index (χ3v) is 4.64. The molecule has 1 N–H and O–H groups in total. The van der Waals surface area contributed by atoms with Gasteiger partial charge in [-0.1, -0.05) is 27.2 Å². The maximum Gasteiger partial charge on any atom is 0.269 e. The lowest BCUT2D eigenvalue weighted by Gasteiger charge is -2.48. The Bertz CT molecular complexity index is 517. The van der Waals surface area contributed by atoms with E-state index in [2.05, 4.69) is 40.9 Å². The molecule has 0 radical (unpaired) electrons. The highest BCUT2D eigenvalue weighted by atomic mass is 16.1. The van der Waals surface area contributed by atoms with Crippen molar-refractivity contribution >= 4 is 11.6 Å². The molecule has 1 amide bonds. The van der Waals surface area contributed by atoms with E-state index in [1.165, 1.54) is 32.4 Å². The predicted octanol–water partition coefficient (Wildman–Crippen LogP) is 3.02. The number of nitrogens with one attached hydrogen (secondary N) is 1. The van der Waals surface area contributed by atoms with Gasteiger partial charge in [0.1, 0.15) is 5.69 Å². The second-order valence-corrected chi connectivity index (χ2v) is 6.99. The number of nitrogens with zero attached hydrogens (tertiary/aromatic N) is 3. The first kappa shape index (κ1) is 18.7. The fraction of sp³-hybridized carbons (Fsp3) is 0.684. The van der Waals surface area contributed by atoms with Crippen LogP contribution in [-0.2, 0) is 0 Å². The molecule has 1 atom stereocenters. The molecule has 2 saturated heterocycles. The first-order chi connectivity index (χ1) is 11.6. The number of anilines is 1. The molecule has 0 saturated carbocycles. The van der Waals surface area contributed by atoms with E-state index in [4.69, 9.17) is 0 Å². The van der Waals surface area contributed by atoms with Crippen molar-refractivity contribution in [2.24, 2.45) is 5.92 Å². The molecule has 1 aromatic heterocycles. The van der Waals surface area contributed by atoms with Crippen molar-refractivity contribution in [3.05, 3.63) is 24.0 Å². The molecule has 0 aromatic carbocycles. The molecule has 1 unspecified atom stereocenters. The third kappa shape index (κ3) is 4.69. The minimum absolute atomic E-state index is 0. The van der Waals surface area contributed by atoms with Crippen LogP contribution in [0.1, 0.15) is 51.9 Å². The van der Waals surface area contributed by atoms with Crippen molar-refractivity contribution in [2.45, 2.75) is 46.1 Å². The van der Waals surface area contributed by atoms with Gasteiger partial charge in [-0.05, 0) is 37.4 Å². The van der Waals surface area contributed by atoms with Gasteiger partial charge in [-0.3, -0.25) is 9.69 Å². The molecule has 0 aliphatic carbocycles. The van der Waals surface area contributed by atoms with Crippen molar-refractivity contribution in [2.75, 3.05) is 38.1 Å². The number of piperidine rings is 1. The van der Waals surface area contributed by atoms with Gasteiger partial charge in [0.2, 0.25) is 0 Å². The SMILES string of the molecule is CCC.CNC(=O)c1ccc(N2CC(N3CCCC(C)C3)C2)cn1.[HH]. The molecule has 0 spiro atoms. The first-order valence-electron chi connectivity index (χ1n) is 9.26. The number of likely N-dealkylation sites (tertiary alicyclic amines) is 1. The van der Waals surface area contributed by atoms with E-state index in [0.717, 1.165) is 24.7 Å². The van der Waals surface area contributed by atoms with E-state index in [9.17, 15) is 4.79 Å². The molecule has 0 bridgehead atoms. The molecule has 1 aromatic rings. The van der Waals surface area contributed by atoms with Gasteiger partial charge < -0.3 is 10.2 Å². The van der Waals surface area contributed by atoms with Crippen LogP contribution in [0.3, 0.4) is 0 Å². The van der Waals surface area contributed by atoms with Crippen molar-refractivity contribution in [1.29, 1.82) is 0 Å². The van der Waals surface area contributed by atoms with Crippen molar-refractivity contribution in [3.8, 4) is 0 Å². The van der Waals surface area contributed by atoms with Gasteiger partial charge in [-0.2, -0.15) is 0 Å². The van der Waals surface area contributed by atoms with Gasteiger partial charge in [0.15, 0.2) is 0 Å². The maximum atomic E-state index is 11.5. The van der Waals surface area contributed by atoms with Crippen LogP contribution in [0.4, 0.5) is 5.69 Å². The van der Waals surface area contributed by atoms with Crippen LogP contribution in [0.15, 0.2) is 18.3 Å². The number of carbonyl (C=O) groups is 1. The van der Waals surface area contributed by atoms with Crippen LogP contribution in [-0.4, -0.2) is 55.1 Å². The lowest BCUT2D eigenvalue weighted by molar-refractivity contribution is 0.0958. The smallest absolute Gasteiger partial charge is 0.269 e. The summed E-state index contributed by atoms with van der Waals surface area (Å²) in [4.78, 5) is 20.7. The summed E-state index contributed by atoms with van der Waals surface area (Å²) < 4.78 is 0. The van der Waals surface area contributed by atoms with Gasteiger partial charge >= 0.3 is 0 Å². The average Bonchev–Trinajstić information content (AvgIpc) is 2.54. The molecular weight excluding hydrogens is 300 g/mol. The first-order valence-corrected chi connectivity index (χ1v) is 9.26. The van der Waals surface area contributed by atoms with E-state index < -0.39 is 0 Å². The second kappa shape index (κ2) is 9.02. The standard InChI is InChI=1S/C16H24N4O.C3H8.H2/c1-12-4-3-7-19(9-12)14-10-20(11-14)13-5-6-15(18-8-13)16(21)17-2;1-3-2;/h5-6,8,12,14H,3-4,7,9-11H2,1-2H3,(H,17,21);3H2,1-2H3;1H. The molecule has 5 heteroatoms. The number of aromatic nitrogens is 1. The summed E-state index contributed by atoms with van der Waals surface area (Å²) in [5.41, 5.74) is 1.59. The minimum atomic E-state index is -0.134. The zero-order valence-corrected chi connectivity index (χ0v) is 15.6. The van der Waals surface area contributed by atoms with Crippen LogP contribution >= 0.6 is 0 Å². The van der Waals surface area contributed by atoms with E-state index in [1.54, 1.807) is 19.3 Å². The van der Waals surface area contributed by atoms with Crippen molar-refractivity contribution < 1.29 is 6.22 Å². The Labute approximate surface area is 147 Å². The van der Waals surface area contributed by atoms with Crippen LogP contribution < -0.4 is 10.2 Å². The topological polar surface area (TPSA) is 48.5 Å². The summed E-state index contributed by atoms with van der Waals surface area (Å²) in [6.07, 6.45) is 5.76. The molecular formula is C19H34N4O. The van der Waals surface area contributed by atoms with E-state index in [1.807, 2.05) is 6.07 Å². The van der Waals surface area contributed by atoms with E-state index in [-0.39, 0.29) is 7.33 Å². The molecule has 3 rings (SSSR count). The molecule has 136 valence electrons. The summed E-state index contributed by atoms with van der Waals surface area (Å²) in [6.45, 7) is 11.2. The average molecular weight is 335 g/mol. The lowest BCUT2D eigenvalue weighted by atomic mass is 9.96. The van der Waals surface area contributed by atoms with Gasteiger partial charge in [0.05, 0.1) is 11.9 Å². The van der Waals surface area contributed by atoms with Crippen molar-refractivity contribution in [3.63, 3.8) is 0 Å². The van der Waals surface area contributed by atoms with Gasteiger partial charge in [-0.15, -0.1) is 0 Å². The number of carbonyl (C=O) groups excluding carboxylic acids is 1. The van der Waals surface area contributed by atoms with Gasteiger partial charge in [0, 0.05) is 34.2 Å². The Morgan fingerprint density at radius 2 is 2.04 bits per heavy atom. The number of pyridine rings is 1. The van der Waals surface area contributed by atoms with Crippen LogP contribution in [0.5, 0.6) is 0 Å². The van der Waals surface area contributed by atoms with Crippen LogP contribution in [0, 0.1) is 5.92 Å². The predicted molar refractivity (Wildman–Crippen MR) is 102 cm³/mol. The highest BCUT2D eigenvalue weighted by Crippen LogP contribution is 2.26. The minimum Gasteiger partial charge on any atom is -0.367 e. The number of hydrogen-bond donors (Lipinski definition) is 1. The second-order valence-electron chi connectivity index (χ2n) is 6.99. The van der Waals surface area contributed by atoms with E-state index >= 15 is 0 Å². The highest BCUT2D eigenvalue weighted by molar-refractivity contribution is 5.92. The summed E-state index contributed by atoms with van der Waals surface area (Å²) in [7, 11) is 1.62. The summed E-state index contributed by atoms with van der Waals surface area (Å²) in [5.74, 6) is 0.701. The summed E-state index contributed by atoms with van der Waals surface area (Å²) in [6, 6.07) is 4.48. The molecule has 2 fully saturated rings. The van der Waals surface area contributed by atoms with Crippen LogP contribution in [0.25, 0.3) is 0 Å². The molecule has 5 nitrogen and oxygen atoms in total. The van der Waals surface area contributed by atoms with Gasteiger partial charge in [0.25, 0.3) is 5.91 Å². The maximum absolute atomic E-state index is 11.5. The largest absolute Gasteiger partial charge is 0.367 e. The van der Waals surface area contributed by atoms with Crippen molar-refractivity contribution in [1.82, 2.24) is 15.2 Å². The normalized spacial score (nSPS) is 21.5. The molecule has 3 heterocycles. The van der Waals surface area contributed by atoms with E-state index in [0.29, 0.717) is 11.7 Å². The Balaban J connectivity index is 0.000000730. The fourth-order valence-electron chi connectivity index (χ4n) is 3.29. The number of amides is 1. The Kier molecular flexibility index (Phi) is 7.03. The lowest BCUT2D eigenvalue weighted by Crippen LogP contribution is -2.61. The Hall–Kier alpha value is -1.62. The fourth-order valence-corrected chi connectivity index (χ4v) is 3.29. The van der Waals surface area contributed by atoms with Crippen LogP contribution in [0.2, 0.25) is 0 Å². The summed E-state index contributed by atoms with van der Waals surface area (Å²) >= 11 is 0. The zero-order chi connectivity index (χ0) is 17.5. The number of rotatable bonds is 3. The quantitative estimate of drug-likeness (QED) is 0.923. The summed E-state index contributed by atoms with van der Waals surface area (Å²) in [5, 5.41) is 2.59. The molecule has 2 aliphatic heterocycles. The Morgan fingerprint density at radius 3 is 2.58 bits per heavy atom. The zero-order valence-electron chi connectivity index (χ0n) is 15.6. The molecule has 2 aliphatic rings. The Morgan fingerprint density at radius 1 is 1.33 bits per heavy atom. The number of hydrogen-bond acceptors (Lipinski definition) is 4. The van der Waals surface area contributed by atoms with Gasteiger partial charge in [-0.25, -0.2) is 4.98 Å². The monoisotopic (exact) mass is 334 g/mol. The highest BCUT2D eigenvalue weighted by Gasteiger charge is 2.33.